The maximum atomic E-state index is 11.9. The normalized spacial score (nSPS) is 10.3. The molecule has 0 saturated carbocycles. The van der Waals surface area contributed by atoms with Gasteiger partial charge in [0.1, 0.15) is 17.1 Å². The van der Waals surface area contributed by atoms with E-state index in [2.05, 4.69) is 25.8 Å². The van der Waals surface area contributed by atoms with Crippen molar-refractivity contribution >= 4 is 28.2 Å². The lowest BCUT2D eigenvalue weighted by molar-refractivity contribution is 0.102. The summed E-state index contributed by atoms with van der Waals surface area (Å²) < 4.78 is 5.21. The molecule has 7 nitrogen and oxygen atoms in total. The number of amides is 1. The van der Waals surface area contributed by atoms with E-state index in [4.69, 9.17) is 4.42 Å². The van der Waals surface area contributed by atoms with Gasteiger partial charge >= 0.3 is 0 Å². The standard InChI is InChI=1S/C13H11N5O2S/c19-12(17-13-18-16-8-21-13)9-3-4-11(14-6-9)15-7-10-2-1-5-20-10/h1-6,8H,7H2,(H,14,15)(H,17,18,19). The van der Waals surface area contributed by atoms with Gasteiger partial charge in [-0.3, -0.25) is 10.1 Å². The van der Waals surface area contributed by atoms with Crippen molar-refractivity contribution in [2.24, 2.45) is 0 Å². The fraction of sp³-hybridized carbons (Fsp3) is 0.0769. The van der Waals surface area contributed by atoms with Gasteiger partial charge in [-0.05, 0) is 24.3 Å². The fourth-order valence-electron chi connectivity index (χ4n) is 1.62. The van der Waals surface area contributed by atoms with Crippen LogP contribution in [0.3, 0.4) is 0 Å². The molecule has 3 heterocycles. The van der Waals surface area contributed by atoms with E-state index in [1.54, 1.807) is 23.9 Å². The predicted octanol–water partition coefficient (Wildman–Crippen LogP) is 2.39. The topological polar surface area (TPSA) is 92.9 Å². The fourth-order valence-corrected chi connectivity index (χ4v) is 2.06. The molecular weight excluding hydrogens is 290 g/mol. The van der Waals surface area contributed by atoms with Crippen molar-refractivity contribution in [3.05, 3.63) is 53.6 Å². The quantitative estimate of drug-likeness (QED) is 0.751. The van der Waals surface area contributed by atoms with Crippen LogP contribution in [0.25, 0.3) is 0 Å². The molecule has 0 aliphatic carbocycles. The summed E-state index contributed by atoms with van der Waals surface area (Å²) in [6.07, 6.45) is 3.12. The number of nitrogens with one attached hydrogen (secondary N) is 2. The van der Waals surface area contributed by atoms with Gasteiger partial charge in [-0.2, -0.15) is 0 Å². The molecule has 1 amide bonds. The van der Waals surface area contributed by atoms with Crippen molar-refractivity contribution in [3.63, 3.8) is 0 Å². The van der Waals surface area contributed by atoms with Crippen molar-refractivity contribution in [2.45, 2.75) is 6.54 Å². The number of pyridine rings is 1. The number of carbonyl (C=O) groups excluding carboxylic acids is 1. The molecule has 0 spiro atoms. The predicted molar refractivity (Wildman–Crippen MR) is 78.1 cm³/mol. The Balaban J connectivity index is 1.59. The smallest absolute Gasteiger partial charge is 0.259 e. The molecule has 0 aromatic carbocycles. The molecule has 3 rings (SSSR count). The molecule has 0 fully saturated rings. The third-order valence-electron chi connectivity index (χ3n) is 2.63. The van der Waals surface area contributed by atoms with Gasteiger partial charge in [-0.1, -0.05) is 11.3 Å². The Labute approximate surface area is 124 Å². The Kier molecular flexibility index (Phi) is 3.88. The van der Waals surface area contributed by atoms with Crippen LogP contribution in [0.1, 0.15) is 16.1 Å². The summed E-state index contributed by atoms with van der Waals surface area (Å²) in [5.74, 6) is 1.21. The number of furan rings is 1. The summed E-state index contributed by atoms with van der Waals surface area (Å²) in [5, 5.41) is 13.6. The van der Waals surface area contributed by atoms with Crippen LogP contribution in [0.4, 0.5) is 10.9 Å². The number of hydrogen-bond acceptors (Lipinski definition) is 7. The largest absolute Gasteiger partial charge is 0.467 e. The van der Waals surface area contributed by atoms with Crippen molar-refractivity contribution in [2.75, 3.05) is 10.6 Å². The van der Waals surface area contributed by atoms with E-state index in [0.29, 0.717) is 23.1 Å². The van der Waals surface area contributed by atoms with Gasteiger partial charge in [0.15, 0.2) is 0 Å². The van der Waals surface area contributed by atoms with E-state index < -0.39 is 0 Å². The van der Waals surface area contributed by atoms with Gasteiger partial charge in [0.25, 0.3) is 5.91 Å². The molecule has 0 radical (unpaired) electrons. The van der Waals surface area contributed by atoms with Crippen molar-refractivity contribution in [1.82, 2.24) is 15.2 Å². The number of anilines is 2. The average Bonchev–Trinajstić information content (AvgIpc) is 3.19. The van der Waals surface area contributed by atoms with E-state index in [0.717, 1.165) is 5.76 Å². The van der Waals surface area contributed by atoms with E-state index in [9.17, 15) is 4.79 Å². The van der Waals surface area contributed by atoms with Crippen LogP contribution >= 0.6 is 11.3 Å². The van der Waals surface area contributed by atoms with Gasteiger partial charge in [0.05, 0.1) is 18.4 Å². The molecule has 0 aliphatic heterocycles. The number of carbonyl (C=O) groups is 1. The first-order chi connectivity index (χ1) is 10.3. The summed E-state index contributed by atoms with van der Waals surface area (Å²) in [7, 11) is 0. The van der Waals surface area contributed by atoms with Crippen LogP contribution in [0.15, 0.2) is 46.7 Å². The van der Waals surface area contributed by atoms with E-state index in [-0.39, 0.29) is 5.91 Å². The zero-order chi connectivity index (χ0) is 14.5. The highest BCUT2D eigenvalue weighted by atomic mass is 32.1. The Morgan fingerprint density at radius 2 is 2.29 bits per heavy atom. The first kappa shape index (κ1) is 13.3. The lowest BCUT2D eigenvalue weighted by Crippen LogP contribution is -2.12. The summed E-state index contributed by atoms with van der Waals surface area (Å²) in [5.41, 5.74) is 2.00. The lowest BCUT2D eigenvalue weighted by Gasteiger charge is -2.05. The molecule has 0 aliphatic rings. The third kappa shape index (κ3) is 3.42. The maximum Gasteiger partial charge on any atom is 0.259 e. The second-order valence-corrected chi connectivity index (χ2v) is 4.90. The molecule has 3 aromatic rings. The second kappa shape index (κ2) is 6.14. The van der Waals surface area contributed by atoms with Gasteiger partial charge < -0.3 is 9.73 Å². The summed E-state index contributed by atoms with van der Waals surface area (Å²) >= 11 is 1.26. The molecule has 3 aromatic heterocycles. The number of rotatable bonds is 5. The summed E-state index contributed by atoms with van der Waals surface area (Å²) in [6, 6.07) is 7.12. The van der Waals surface area contributed by atoms with E-state index in [1.807, 2.05) is 12.1 Å². The highest BCUT2D eigenvalue weighted by Crippen LogP contribution is 2.12. The third-order valence-corrected chi connectivity index (χ3v) is 3.24. The number of aromatic nitrogens is 3. The highest BCUT2D eigenvalue weighted by Gasteiger charge is 2.08. The molecular formula is C13H11N5O2S. The zero-order valence-electron chi connectivity index (χ0n) is 10.8. The van der Waals surface area contributed by atoms with Crippen LogP contribution in [0.2, 0.25) is 0 Å². The number of hydrogen-bond donors (Lipinski definition) is 2. The van der Waals surface area contributed by atoms with Gasteiger partial charge in [-0.25, -0.2) is 4.98 Å². The zero-order valence-corrected chi connectivity index (χ0v) is 11.6. The highest BCUT2D eigenvalue weighted by molar-refractivity contribution is 7.13. The van der Waals surface area contributed by atoms with Crippen LogP contribution in [-0.4, -0.2) is 21.1 Å². The minimum Gasteiger partial charge on any atom is -0.467 e. The minimum absolute atomic E-state index is 0.267. The Morgan fingerprint density at radius 1 is 1.33 bits per heavy atom. The van der Waals surface area contributed by atoms with Crippen LogP contribution in [0, 0.1) is 0 Å². The first-order valence-corrected chi connectivity index (χ1v) is 6.99. The molecule has 8 heteroatoms. The summed E-state index contributed by atoms with van der Waals surface area (Å²) in [6.45, 7) is 0.538. The SMILES string of the molecule is O=C(Nc1nncs1)c1ccc(NCc2ccco2)nc1. The van der Waals surface area contributed by atoms with Crippen molar-refractivity contribution < 1.29 is 9.21 Å². The Bertz CT molecular complexity index is 695. The van der Waals surface area contributed by atoms with Crippen LogP contribution in [-0.2, 0) is 6.54 Å². The van der Waals surface area contributed by atoms with Crippen molar-refractivity contribution in [1.29, 1.82) is 0 Å². The average molecular weight is 301 g/mol. The molecule has 21 heavy (non-hydrogen) atoms. The minimum atomic E-state index is -0.267. The molecule has 0 unspecified atom stereocenters. The molecule has 2 N–H and O–H groups in total. The number of nitrogens with zero attached hydrogens (tertiary/aromatic N) is 3. The lowest BCUT2D eigenvalue weighted by atomic mass is 10.2. The van der Waals surface area contributed by atoms with Gasteiger partial charge in [0.2, 0.25) is 5.13 Å². The maximum absolute atomic E-state index is 11.9. The van der Waals surface area contributed by atoms with Crippen LogP contribution in [0.5, 0.6) is 0 Å². The van der Waals surface area contributed by atoms with Gasteiger partial charge in [-0.15, -0.1) is 10.2 Å². The van der Waals surface area contributed by atoms with E-state index >= 15 is 0 Å². The van der Waals surface area contributed by atoms with Crippen LogP contribution < -0.4 is 10.6 Å². The molecule has 0 bridgehead atoms. The Hall–Kier alpha value is -2.74. The second-order valence-electron chi connectivity index (χ2n) is 4.06. The Morgan fingerprint density at radius 3 is 2.95 bits per heavy atom. The monoisotopic (exact) mass is 301 g/mol. The molecule has 0 saturated heterocycles. The molecule has 106 valence electrons. The van der Waals surface area contributed by atoms with Crippen molar-refractivity contribution in [3.8, 4) is 0 Å². The first-order valence-electron chi connectivity index (χ1n) is 6.11. The van der Waals surface area contributed by atoms with E-state index in [1.165, 1.54) is 17.5 Å². The van der Waals surface area contributed by atoms with Gasteiger partial charge in [0, 0.05) is 6.20 Å². The summed E-state index contributed by atoms with van der Waals surface area (Å²) in [4.78, 5) is 16.1. The molecule has 0 atom stereocenters.